The predicted molar refractivity (Wildman–Crippen MR) is 104 cm³/mol. The van der Waals surface area contributed by atoms with E-state index in [2.05, 4.69) is 10.6 Å². The van der Waals surface area contributed by atoms with Crippen LogP contribution in [0.25, 0.3) is 5.69 Å². The number of carbonyl (C=O) groups excluding carboxylic acids is 1. The number of rotatable bonds is 6. The third-order valence-electron chi connectivity index (χ3n) is 4.19. The van der Waals surface area contributed by atoms with Crippen LogP contribution in [0.2, 0.25) is 0 Å². The van der Waals surface area contributed by atoms with Crippen LogP contribution in [0.1, 0.15) is 18.9 Å². The minimum Gasteiger partial charge on any atom is -0.508 e. The number of hydrogen-bond donors (Lipinski definition) is 3. The maximum Gasteiger partial charge on any atom is 0.319 e. The maximum absolute atomic E-state index is 12.2. The van der Waals surface area contributed by atoms with Gasteiger partial charge in [0.05, 0.1) is 0 Å². The Labute approximate surface area is 153 Å². The summed E-state index contributed by atoms with van der Waals surface area (Å²) in [6.07, 6.45) is 5.58. The van der Waals surface area contributed by atoms with E-state index in [-0.39, 0.29) is 17.8 Å². The summed E-state index contributed by atoms with van der Waals surface area (Å²) in [6, 6.07) is 18.6. The number of nitrogens with zero attached hydrogens (tertiary/aromatic N) is 1. The summed E-state index contributed by atoms with van der Waals surface area (Å²) >= 11 is 0. The standard InChI is InChI=1S/C21H23N3O2/c1-16(7-8-17-9-11-20(25)12-10-17)22-21(26)23-18-5-4-6-19(15-18)24-13-2-3-14-24/h2-6,9-16,25H,7-8H2,1H3,(H2,22,23,26). The number of phenolic OH excluding ortho intramolecular Hbond substituents is 1. The first-order valence-electron chi connectivity index (χ1n) is 8.69. The van der Waals surface area contributed by atoms with E-state index >= 15 is 0 Å². The topological polar surface area (TPSA) is 66.3 Å². The van der Waals surface area contributed by atoms with Crippen LogP contribution in [0.4, 0.5) is 10.5 Å². The number of amides is 2. The van der Waals surface area contributed by atoms with Gasteiger partial charge in [-0.3, -0.25) is 0 Å². The lowest BCUT2D eigenvalue weighted by molar-refractivity contribution is 0.248. The lowest BCUT2D eigenvalue weighted by atomic mass is 10.1. The molecule has 5 heteroatoms. The number of nitrogens with one attached hydrogen (secondary N) is 2. The molecule has 1 aromatic heterocycles. The summed E-state index contributed by atoms with van der Waals surface area (Å²) in [4.78, 5) is 12.2. The summed E-state index contributed by atoms with van der Waals surface area (Å²) in [5.74, 6) is 0.265. The van der Waals surface area contributed by atoms with Crippen LogP contribution in [0.5, 0.6) is 5.75 Å². The Hall–Kier alpha value is -3.21. The smallest absolute Gasteiger partial charge is 0.319 e. The molecule has 26 heavy (non-hydrogen) atoms. The first-order valence-corrected chi connectivity index (χ1v) is 8.69. The summed E-state index contributed by atoms with van der Waals surface area (Å²) in [5.41, 5.74) is 2.88. The van der Waals surface area contributed by atoms with Gasteiger partial charge in [-0.1, -0.05) is 18.2 Å². The number of aromatic nitrogens is 1. The van der Waals surface area contributed by atoms with Gasteiger partial charge in [0, 0.05) is 29.8 Å². The molecule has 5 nitrogen and oxygen atoms in total. The predicted octanol–water partition coefficient (Wildman–Crippen LogP) is 4.33. The molecular formula is C21H23N3O2. The molecule has 0 saturated carbocycles. The minimum atomic E-state index is -0.215. The average Bonchev–Trinajstić information content (AvgIpc) is 3.16. The Morgan fingerprint density at radius 1 is 1.08 bits per heavy atom. The SMILES string of the molecule is CC(CCc1ccc(O)cc1)NC(=O)Nc1cccc(-n2cccc2)c1. The highest BCUT2D eigenvalue weighted by atomic mass is 16.3. The molecule has 1 heterocycles. The molecule has 0 saturated heterocycles. The van der Waals surface area contributed by atoms with Crippen LogP contribution in [0, 0.1) is 0 Å². The van der Waals surface area contributed by atoms with Crippen molar-refractivity contribution in [1.29, 1.82) is 0 Å². The summed E-state index contributed by atoms with van der Waals surface area (Å²) in [6.45, 7) is 1.98. The number of hydrogen-bond acceptors (Lipinski definition) is 2. The third-order valence-corrected chi connectivity index (χ3v) is 4.19. The molecule has 0 aliphatic rings. The van der Waals surface area contributed by atoms with E-state index < -0.39 is 0 Å². The lowest BCUT2D eigenvalue weighted by Gasteiger charge is -2.15. The fourth-order valence-corrected chi connectivity index (χ4v) is 2.76. The van der Waals surface area contributed by atoms with Crippen molar-refractivity contribution in [3.05, 3.63) is 78.6 Å². The molecule has 134 valence electrons. The summed E-state index contributed by atoms with van der Waals surface area (Å²) in [5, 5.41) is 15.1. The molecule has 0 fully saturated rings. The van der Waals surface area contributed by atoms with Crippen LogP contribution in [-0.4, -0.2) is 21.7 Å². The van der Waals surface area contributed by atoms with E-state index in [0.717, 1.165) is 29.8 Å². The Morgan fingerprint density at radius 3 is 2.54 bits per heavy atom. The van der Waals surface area contributed by atoms with Gasteiger partial charge < -0.3 is 20.3 Å². The van der Waals surface area contributed by atoms with E-state index in [1.165, 1.54) is 0 Å². The molecule has 0 aliphatic carbocycles. The second-order valence-corrected chi connectivity index (χ2v) is 6.35. The molecule has 2 amide bonds. The number of urea groups is 1. The number of benzene rings is 2. The quantitative estimate of drug-likeness (QED) is 0.620. The highest BCUT2D eigenvalue weighted by Crippen LogP contribution is 2.15. The monoisotopic (exact) mass is 349 g/mol. The Kier molecular flexibility index (Phi) is 5.59. The Morgan fingerprint density at radius 2 is 1.81 bits per heavy atom. The molecule has 3 N–H and O–H groups in total. The first kappa shape index (κ1) is 17.6. The van der Waals surface area contributed by atoms with Gasteiger partial charge in [0.15, 0.2) is 0 Å². The molecule has 0 bridgehead atoms. The zero-order valence-corrected chi connectivity index (χ0v) is 14.7. The fraction of sp³-hybridized carbons (Fsp3) is 0.190. The van der Waals surface area contributed by atoms with Crippen molar-refractivity contribution >= 4 is 11.7 Å². The maximum atomic E-state index is 12.2. The number of anilines is 1. The molecule has 0 aliphatic heterocycles. The first-order chi connectivity index (χ1) is 12.6. The second kappa shape index (κ2) is 8.25. The van der Waals surface area contributed by atoms with E-state index in [1.807, 2.05) is 72.4 Å². The van der Waals surface area contributed by atoms with E-state index in [1.54, 1.807) is 12.1 Å². The van der Waals surface area contributed by atoms with Crippen LogP contribution in [0.3, 0.4) is 0 Å². The largest absolute Gasteiger partial charge is 0.508 e. The minimum absolute atomic E-state index is 0.0384. The molecule has 1 unspecified atom stereocenters. The zero-order valence-electron chi connectivity index (χ0n) is 14.7. The van der Waals surface area contributed by atoms with Crippen molar-refractivity contribution in [1.82, 2.24) is 9.88 Å². The normalized spacial score (nSPS) is 11.7. The summed E-state index contributed by atoms with van der Waals surface area (Å²) < 4.78 is 1.99. The number of aryl methyl sites for hydroxylation is 1. The van der Waals surface area contributed by atoms with Gasteiger partial charge >= 0.3 is 6.03 Å². The fourth-order valence-electron chi connectivity index (χ4n) is 2.76. The Bertz CT molecular complexity index is 842. The number of carbonyl (C=O) groups is 1. The van der Waals surface area contributed by atoms with Crippen molar-refractivity contribution in [3.63, 3.8) is 0 Å². The highest BCUT2D eigenvalue weighted by molar-refractivity contribution is 5.89. The Balaban J connectivity index is 1.50. The van der Waals surface area contributed by atoms with Crippen LogP contribution < -0.4 is 10.6 Å². The molecule has 1 atom stereocenters. The zero-order chi connectivity index (χ0) is 18.4. The van der Waals surface area contributed by atoms with Gasteiger partial charge in [-0.25, -0.2) is 4.79 Å². The molecule has 3 aromatic rings. The van der Waals surface area contributed by atoms with E-state index in [0.29, 0.717) is 0 Å². The van der Waals surface area contributed by atoms with Gasteiger partial charge in [-0.05, 0) is 67.8 Å². The highest BCUT2D eigenvalue weighted by Gasteiger charge is 2.08. The van der Waals surface area contributed by atoms with Crippen LogP contribution in [0.15, 0.2) is 73.1 Å². The van der Waals surface area contributed by atoms with Gasteiger partial charge in [0.2, 0.25) is 0 Å². The summed E-state index contributed by atoms with van der Waals surface area (Å²) in [7, 11) is 0. The van der Waals surface area contributed by atoms with Gasteiger partial charge in [-0.2, -0.15) is 0 Å². The lowest BCUT2D eigenvalue weighted by Crippen LogP contribution is -2.36. The average molecular weight is 349 g/mol. The van der Waals surface area contributed by atoms with Gasteiger partial charge in [-0.15, -0.1) is 0 Å². The van der Waals surface area contributed by atoms with Crippen molar-refractivity contribution in [2.75, 3.05) is 5.32 Å². The van der Waals surface area contributed by atoms with Crippen LogP contribution in [-0.2, 0) is 6.42 Å². The van der Waals surface area contributed by atoms with Crippen molar-refractivity contribution in [2.24, 2.45) is 0 Å². The van der Waals surface area contributed by atoms with Crippen molar-refractivity contribution < 1.29 is 9.90 Å². The molecule has 3 rings (SSSR count). The van der Waals surface area contributed by atoms with Crippen LogP contribution >= 0.6 is 0 Å². The third kappa shape index (κ3) is 4.89. The van der Waals surface area contributed by atoms with E-state index in [9.17, 15) is 9.90 Å². The van der Waals surface area contributed by atoms with E-state index in [4.69, 9.17) is 0 Å². The molecule has 0 radical (unpaired) electrons. The van der Waals surface area contributed by atoms with Gasteiger partial charge in [0.25, 0.3) is 0 Å². The second-order valence-electron chi connectivity index (χ2n) is 6.35. The molecular weight excluding hydrogens is 326 g/mol. The van der Waals surface area contributed by atoms with Crippen molar-refractivity contribution in [3.8, 4) is 11.4 Å². The number of aromatic hydroxyl groups is 1. The van der Waals surface area contributed by atoms with Gasteiger partial charge in [0.1, 0.15) is 5.75 Å². The van der Waals surface area contributed by atoms with Crippen molar-refractivity contribution in [2.45, 2.75) is 25.8 Å². The number of phenols is 1. The molecule has 2 aromatic carbocycles. The molecule has 0 spiro atoms.